The van der Waals surface area contributed by atoms with Crippen LogP contribution in [-0.2, 0) is 10.0 Å². The molecule has 2 atom stereocenters. The zero-order chi connectivity index (χ0) is 42.0. The number of carbonyl (C=O) groups is 1. The molecule has 0 aliphatic rings. The second-order valence-corrected chi connectivity index (χ2v) is 16.1. The van der Waals surface area contributed by atoms with Gasteiger partial charge in [-0.15, -0.1) is 0 Å². The summed E-state index contributed by atoms with van der Waals surface area (Å²) in [4.78, 5) is 14.6. The summed E-state index contributed by atoms with van der Waals surface area (Å²) in [6.45, 7) is 4.62. The molecule has 5 aromatic carbocycles. The van der Waals surface area contributed by atoms with E-state index in [1.165, 1.54) is 18.2 Å². The fourth-order valence-corrected chi connectivity index (χ4v) is 7.70. The standard InChI is InChI=1S/C43H48ClN7O7S/c1-29(34-7-3-4-8-35(34)30-11-13-31(44)14-12-30)46-23-24-47-32-15-17-37(42(27-32)58-41-10-5-9-38-36(41)19-22-49-38)43(53)50-59(56,57)33-16-18-39(40(28-33)51(2,54)55)48-21-6-20-45-25-26-52/h3-5,7-19,22,27-29,45-49,52,54H,6,20-21,23-26H2,1-2H3,(H,50,53). The first-order valence-electron chi connectivity index (χ1n) is 19.1. The van der Waals surface area contributed by atoms with E-state index in [1.54, 1.807) is 30.5 Å². The lowest BCUT2D eigenvalue weighted by Gasteiger charge is -2.30. The van der Waals surface area contributed by atoms with Crippen LogP contribution in [-0.4, -0.2) is 76.0 Å². The monoisotopic (exact) mass is 841 g/mol. The molecule has 1 amide bonds. The number of rotatable bonds is 20. The summed E-state index contributed by atoms with van der Waals surface area (Å²) in [6, 6.07) is 31.6. The van der Waals surface area contributed by atoms with Gasteiger partial charge in [-0.3, -0.25) is 4.79 Å². The summed E-state index contributed by atoms with van der Waals surface area (Å²) >= 11 is 6.13. The topological polar surface area (TPSA) is 200 Å². The minimum Gasteiger partial charge on any atom is -0.593 e. The summed E-state index contributed by atoms with van der Waals surface area (Å²) in [5, 5.41) is 46.4. The molecule has 6 rings (SSSR count). The van der Waals surface area contributed by atoms with Crippen LogP contribution in [0, 0.1) is 5.21 Å². The molecule has 0 bridgehead atoms. The number of aliphatic hydroxyl groups is 1. The smallest absolute Gasteiger partial charge is 0.268 e. The number of hydroxylamine groups is 2. The first-order chi connectivity index (χ1) is 28.3. The molecule has 6 aromatic rings. The third kappa shape index (κ3) is 11.2. The number of hydrogen-bond acceptors (Lipinski definition) is 11. The number of benzene rings is 5. The van der Waals surface area contributed by atoms with E-state index in [0.717, 1.165) is 40.7 Å². The van der Waals surface area contributed by atoms with Crippen molar-refractivity contribution in [3.63, 3.8) is 0 Å². The molecule has 2 unspecified atom stereocenters. The lowest BCUT2D eigenvalue weighted by molar-refractivity contribution is -0.00400. The summed E-state index contributed by atoms with van der Waals surface area (Å²) in [7, 11) is -3.61. The molecule has 0 radical (unpaired) electrons. The molecule has 0 fully saturated rings. The molecule has 0 saturated heterocycles. The Morgan fingerprint density at radius 1 is 0.881 bits per heavy atom. The third-order valence-electron chi connectivity index (χ3n) is 9.58. The van der Waals surface area contributed by atoms with Crippen LogP contribution in [0.1, 0.15) is 35.3 Å². The van der Waals surface area contributed by atoms with Gasteiger partial charge in [0.1, 0.15) is 18.5 Å². The van der Waals surface area contributed by atoms with Crippen molar-refractivity contribution in [2.24, 2.45) is 0 Å². The summed E-state index contributed by atoms with van der Waals surface area (Å²) in [5.41, 5.74) is 4.64. The van der Waals surface area contributed by atoms with Crippen LogP contribution in [0.25, 0.3) is 22.0 Å². The van der Waals surface area contributed by atoms with E-state index in [0.29, 0.717) is 55.6 Å². The van der Waals surface area contributed by atoms with Gasteiger partial charge in [-0.05, 0) is 91.2 Å². The van der Waals surface area contributed by atoms with Crippen LogP contribution in [0.15, 0.2) is 120 Å². The molecule has 1 aromatic heterocycles. The van der Waals surface area contributed by atoms with Crippen molar-refractivity contribution in [2.75, 3.05) is 57.0 Å². The first-order valence-corrected chi connectivity index (χ1v) is 21.0. The summed E-state index contributed by atoms with van der Waals surface area (Å²) in [5.74, 6) is -0.423. The number of halogens is 1. The average molecular weight is 842 g/mol. The number of anilines is 2. The van der Waals surface area contributed by atoms with E-state index in [4.69, 9.17) is 21.4 Å². The number of hydrogen-bond donors (Lipinski definition) is 8. The number of sulfonamides is 1. The van der Waals surface area contributed by atoms with Gasteiger partial charge in [-0.2, -0.15) is 4.81 Å². The van der Waals surface area contributed by atoms with Crippen molar-refractivity contribution < 1.29 is 28.3 Å². The molecule has 0 saturated carbocycles. The van der Waals surface area contributed by atoms with Crippen molar-refractivity contribution >= 4 is 55.5 Å². The highest BCUT2D eigenvalue weighted by atomic mass is 35.5. The second kappa shape index (κ2) is 19.5. The van der Waals surface area contributed by atoms with Crippen molar-refractivity contribution in [1.82, 2.24) is 25.1 Å². The van der Waals surface area contributed by atoms with Gasteiger partial charge in [-0.25, -0.2) is 18.3 Å². The number of carbonyl (C=O) groups excluding carboxylic acids is 1. The maximum atomic E-state index is 13.8. The molecule has 1 heterocycles. The van der Waals surface area contributed by atoms with Crippen LogP contribution < -0.4 is 35.5 Å². The number of aliphatic hydroxyl groups excluding tert-OH is 1. The average Bonchev–Trinajstić information content (AvgIpc) is 3.71. The van der Waals surface area contributed by atoms with Crippen LogP contribution in [0.2, 0.25) is 5.02 Å². The summed E-state index contributed by atoms with van der Waals surface area (Å²) in [6.07, 6.45) is 2.39. The number of amides is 1. The highest BCUT2D eigenvalue weighted by Crippen LogP contribution is 2.35. The number of aromatic nitrogens is 1. The van der Waals surface area contributed by atoms with Crippen LogP contribution in [0.4, 0.5) is 17.1 Å². The Kier molecular flexibility index (Phi) is 14.3. The predicted molar refractivity (Wildman–Crippen MR) is 234 cm³/mol. The third-order valence-corrected chi connectivity index (χ3v) is 11.2. The summed E-state index contributed by atoms with van der Waals surface area (Å²) < 4.78 is 35.7. The molecule has 14 nitrogen and oxygen atoms in total. The quantitative estimate of drug-likeness (QED) is 0.0217. The maximum absolute atomic E-state index is 13.8. The van der Waals surface area contributed by atoms with Crippen molar-refractivity contribution in [3.05, 3.63) is 137 Å². The van der Waals surface area contributed by atoms with Crippen molar-refractivity contribution in [3.8, 4) is 22.6 Å². The molecule has 8 N–H and O–H groups in total. The number of ether oxygens (including phenoxy) is 1. The Hall–Kier alpha value is -5.49. The molecular weight excluding hydrogens is 794 g/mol. The molecule has 0 aliphatic heterocycles. The van der Waals surface area contributed by atoms with Gasteiger partial charge < -0.3 is 41.3 Å². The number of nitrogens with one attached hydrogen (secondary N) is 6. The van der Waals surface area contributed by atoms with Gasteiger partial charge in [0, 0.05) is 72.2 Å². The van der Waals surface area contributed by atoms with Crippen LogP contribution in [0.5, 0.6) is 11.5 Å². The van der Waals surface area contributed by atoms with E-state index < -0.39 is 25.6 Å². The Balaban J connectivity index is 1.18. The zero-order valence-electron chi connectivity index (χ0n) is 32.7. The highest BCUT2D eigenvalue weighted by Gasteiger charge is 2.27. The van der Waals surface area contributed by atoms with Gasteiger partial charge in [0.25, 0.3) is 15.9 Å². The van der Waals surface area contributed by atoms with E-state index >= 15 is 0 Å². The number of quaternary nitrogens is 1. The second-order valence-electron chi connectivity index (χ2n) is 14.0. The van der Waals surface area contributed by atoms with E-state index in [1.807, 2.05) is 48.5 Å². The fraction of sp³-hybridized carbons (Fsp3) is 0.233. The molecule has 16 heteroatoms. The highest BCUT2D eigenvalue weighted by molar-refractivity contribution is 7.90. The Morgan fingerprint density at radius 3 is 2.46 bits per heavy atom. The van der Waals surface area contributed by atoms with Gasteiger partial charge in [0.05, 0.1) is 22.8 Å². The molecular formula is C43H48ClN7O7S. The van der Waals surface area contributed by atoms with Crippen molar-refractivity contribution in [1.29, 1.82) is 0 Å². The number of nitrogens with zero attached hydrogens (tertiary/aromatic N) is 1. The minimum atomic E-state index is -4.55. The molecule has 310 valence electrons. The number of H-pyrrole nitrogens is 1. The Labute approximate surface area is 348 Å². The van der Waals surface area contributed by atoms with Gasteiger partial charge in [0.15, 0.2) is 5.69 Å². The Bertz CT molecular complexity index is 2470. The van der Waals surface area contributed by atoms with Gasteiger partial charge >= 0.3 is 0 Å². The normalized spacial score (nSPS) is 13.1. The number of fused-ring (bicyclic) bond motifs is 1. The van der Waals surface area contributed by atoms with E-state index in [2.05, 4.69) is 50.0 Å². The van der Waals surface area contributed by atoms with E-state index in [-0.39, 0.29) is 35.3 Å². The zero-order valence-corrected chi connectivity index (χ0v) is 34.2. The SMILES string of the molecule is CC(NCCNc1ccc(C(=O)NS(=O)(=O)c2ccc(NCCCNCCO)c([N+](C)([O-])O)c2)c(Oc2cccc3[nH]ccc23)c1)c1ccccc1-c1ccc(Cl)cc1. The van der Waals surface area contributed by atoms with Gasteiger partial charge in [-0.1, -0.05) is 54.1 Å². The first kappa shape index (κ1) is 43.1. The van der Waals surface area contributed by atoms with Gasteiger partial charge in [0.2, 0.25) is 0 Å². The predicted octanol–water partition coefficient (Wildman–Crippen LogP) is 7.37. The van der Waals surface area contributed by atoms with Crippen LogP contribution in [0.3, 0.4) is 0 Å². The van der Waals surface area contributed by atoms with E-state index in [9.17, 15) is 23.6 Å². The lowest BCUT2D eigenvalue weighted by atomic mass is 9.95. The lowest BCUT2D eigenvalue weighted by Crippen LogP contribution is -2.35. The molecule has 0 spiro atoms. The minimum absolute atomic E-state index is 0.00329. The van der Waals surface area contributed by atoms with Crippen molar-refractivity contribution in [2.45, 2.75) is 24.3 Å². The van der Waals surface area contributed by atoms with Crippen LogP contribution >= 0.6 is 11.6 Å². The maximum Gasteiger partial charge on any atom is 0.268 e. The Morgan fingerprint density at radius 2 is 1.68 bits per heavy atom. The number of aromatic amines is 1. The molecule has 0 aliphatic carbocycles. The largest absolute Gasteiger partial charge is 0.593 e. The molecule has 59 heavy (non-hydrogen) atoms. The fourth-order valence-electron chi connectivity index (χ4n) is 6.59.